The number of benzene rings is 1. The van der Waals surface area contributed by atoms with Crippen molar-refractivity contribution in [1.29, 1.82) is 0 Å². The van der Waals surface area contributed by atoms with Gasteiger partial charge in [-0.3, -0.25) is 0 Å². The Morgan fingerprint density at radius 3 is 2.67 bits per heavy atom. The molecule has 1 aromatic carbocycles. The van der Waals surface area contributed by atoms with Crippen molar-refractivity contribution in [2.24, 2.45) is 11.8 Å². The molecule has 2 rings (SSSR count). The first-order chi connectivity index (χ1) is 7.27. The van der Waals surface area contributed by atoms with E-state index in [1.807, 2.05) is 30.3 Å². The van der Waals surface area contributed by atoms with Gasteiger partial charge in [0.15, 0.2) is 0 Å². The van der Waals surface area contributed by atoms with Gasteiger partial charge in [0.05, 0.1) is 6.10 Å². The Bertz CT molecular complexity index is 299. The number of rotatable bonds is 5. The van der Waals surface area contributed by atoms with E-state index < -0.39 is 0 Å². The summed E-state index contributed by atoms with van der Waals surface area (Å²) in [6.45, 7) is 3.98. The van der Waals surface area contributed by atoms with Gasteiger partial charge in [-0.15, -0.1) is 0 Å². The molecule has 1 aromatic rings. The fourth-order valence-electron chi connectivity index (χ4n) is 1.88. The van der Waals surface area contributed by atoms with E-state index in [1.165, 1.54) is 6.42 Å². The normalized spacial score (nSPS) is 26.3. The first-order valence-corrected chi connectivity index (χ1v) is 5.71. The fourth-order valence-corrected chi connectivity index (χ4v) is 1.88. The Morgan fingerprint density at radius 2 is 2.07 bits per heavy atom. The zero-order valence-corrected chi connectivity index (χ0v) is 9.19. The lowest BCUT2D eigenvalue weighted by Gasteiger charge is -2.11. The molecule has 0 bridgehead atoms. The first kappa shape index (κ1) is 10.7. The van der Waals surface area contributed by atoms with Gasteiger partial charge < -0.3 is 10.4 Å². The number of aliphatic hydroxyl groups is 1. The zero-order chi connectivity index (χ0) is 10.7. The van der Waals surface area contributed by atoms with Gasteiger partial charge in [0.25, 0.3) is 0 Å². The molecule has 0 spiro atoms. The maximum absolute atomic E-state index is 9.86. The van der Waals surface area contributed by atoms with Crippen molar-refractivity contribution in [2.45, 2.75) is 19.4 Å². The van der Waals surface area contributed by atoms with Crippen LogP contribution in [0, 0.1) is 11.8 Å². The van der Waals surface area contributed by atoms with E-state index in [9.17, 15) is 5.11 Å². The third-order valence-corrected chi connectivity index (χ3v) is 3.20. The van der Waals surface area contributed by atoms with E-state index in [1.54, 1.807) is 0 Å². The fraction of sp³-hybridized carbons (Fsp3) is 0.538. The van der Waals surface area contributed by atoms with Gasteiger partial charge in [-0.2, -0.15) is 0 Å². The van der Waals surface area contributed by atoms with Gasteiger partial charge in [0.1, 0.15) is 0 Å². The van der Waals surface area contributed by atoms with Gasteiger partial charge in [0.2, 0.25) is 0 Å². The molecular formula is C13H19NO. The summed E-state index contributed by atoms with van der Waals surface area (Å²) in [5, 5.41) is 13.2. The van der Waals surface area contributed by atoms with Crippen LogP contribution in [-0.2, 0) is 0 Å². The largest absolute Gasteiger partial charge is 0.387 e. The highest BCUT2D eigenvalue weighted by molar-refractivity contribution is 5.17. The predicted molar refractivity (Wildman–Crippen MR) is 61.5 cm³/mol. The van der Waals surface area contributed by atoms with Crippen LogP contribution in [0.4, 0.5) is 0 Å². The number of nitrogens with one attached hydrogen (secondary N) is 1. The molecule has 0 heterocycles. The smallest absolute Gasteiger partial charge is 0.0914 e. The maximum atomic E-state index is 9.86. The highest BCUT2D eigenvalue weighted by atomic mass is 16.3. The van der Waals surface area contributed by atoms with E-state index in [2.05, 4.69) is 12.2 Å². The minimum Gasteiger partial charge on any atom is -0.387 e. The number of hydrogen-bond acceptors (Lipinski definition) is 2. The number of aliphatic hydroxyl groups excluding tert-OH is 1. The van der Waals surface area contributed by atoms with Crippen LogP contribution in [0.25, 0.3) is 0 Å². The monoisotopic (exact) mass is 205 g/mol. The third kappa shape index (κ3) is 3.05. The molecule has 3 atom stereocenters. The zero-order valence-electron chi connectivity index (χ0n) is 9.19. The minimum atomic E-state index is -0.375. The van der Waals surface area contributed by atoms with E-state index in [0.29, 0.717) is 6.54 Å². The van der Waals surface area contributed by atoms with Crippen molar-refractivity contribution < 1.29 is 5.11 Å². The van der Waals surface area contributed by atoms with Crippen molar-refractivity contribution in [3.05, 3.63) is 35.9 Å². The molecule has 0 aromatic heterocycles. The van der Waals surface area contributed by atoms with Gasteiger partial charge in [-0.05, 0) is 30.4 Å². The average molecular weight is 205 g/mol. The molecule has 15 heavy (non-hydrogen) atoms. The molecule has 2 heteroatoms. The van der Waals surface area contributed by atoms with E-state index >= 15 is 0 Å². The van der Waals surface area contributed by atoms with Crippen LogP contribution < -0.4 is 5.32 Å². The van der Waals surface area contributed by atoms with Crippen LogP contribution in [0.3, 0.4) is 0 Å². The summed E-state index contributed by atoms with van der Waals surface area (Å²) in [6.07, 6.45) is 0.967. The topological polar surface area (TPSA) is 32.3 Å². The lowest BCUT2D eigenvalue weighted by molar-refractivity contribution is 0.174. The third-order valence-electron chi connectivity index (χ3n) is 3.20. The Morgan fingerprint density at radius 1 is 1.40 bits per heavy atom. The van der Waals surface area contributed by atoms with Gasteiger partial charge in [-0.25, -0.2) is 0 Å². The summed E-state index contributed by atoms with van der Waals surface area (Å²) in [6, 6.07) is 9.82. The van der Waals surface area contributed by atoms with Crippen molar-refractivity contribution in [2.75, 3.05) is 13.1 Å². The van der Waals surface area contributed by atoms with Crippen LogP contribution in [-0.4, -0.2) is 18.2 Å². The predicted octanol–water partition coefficient (Wildman–Crippen LogP) is 1.97. The second kappa shape index (κ2) is 4.77. The molecule has 3 unspecified atom stereocenters. The minimum absolute atomic E-state index is 0.375. The molecule has 1 fully saturated rings. The van der Waals surface area contributed by atoms with E-state index in [4.69, 9.17) is 0 Å². The van der Waals surface area contributed by atoms with Gasteiger partial charge in [-0.1, -0.05) is 37.3 Å². The van der Waals surface area contributed by atoms with Gasteiger partial charge in [0, 0.05) is 6.54 Å². The molecular weight excluding hydrogens is 186 g/mol. The van der Waals surface area contributed by atoms with E-state index in [0.717, 1.165) is 23.9 Å². The molecule has 1 aliphatic rings. The lowest BCUT2D eigenvalue weighted by Crippen LogP contribution is -2.23. The second-order valence-corrected chi connectivity index (χ2v) is 4.56. The van der Waals surface area contributed by atoms with Crippen molar-refractivity contribution in [3.63, 3.8) is 0 Å². The Kier molecular flexibility index (Phi) is 3.39. The van der Waals surface area contributed by atoms with Crippen molar-refractivity contribution in [3.8, 4) is 0 Å². The quantitative estimate of drug-likeness (QED) is 0.770. The highest BCUT2D eigenvalue weighted by Gasteiger charge is 2.31. The summed E-state index contributed by atoms with van der Waals surface area (Å²) in [7, 11) is 0. The van der Waals surface area contributed by atoms with Gasteiger partial charge >= 0.3 is 0 Å². The molecule has 0 aliphatic heterocycles. The summed E-state index contributed by atoms with van der Waals surface area (Å²) < 4.78 is 0. The second-order valence-electron chi connectivity index (χ2n) is 4.56. The van der Waals surface area contributed by atoms with Crippen molar-refractivity contribution >= 4 is 0 Å². The summed E-state index contributed by atoms with van der Waals surface area (Å²) >= 11 is 0. The van der Waals surface area contributed by atoms with Crippen LogP contribution in [0.15, 0.2) is 30.3 Å². The molecule has 2 nitrogen and oxygen atoms in total. The number of hydrogen-bond donors (Lipinski definition) is 2. The van der Waals surface area contributed by atoms with Crippen LogP contribution >= 0.6 is 0 Å². The SMILES string of the molecule is CC1CC1CNCC(O)c1ccccc1. The maximum Gasteiger partial charge on any atom is 0.0914 e. The lowest BCUT2D eigenvalue weighted by atomic mass is 10.1. The molecule has 0 radical (unpaired) electrons. The molecule has 0 saturated heterocycles. The summed E-state index contributed by atoms with van der Waals surface area (Å²) in [5.74, 6) is 1.72. The van der Waals surface area contributed by atoms with Crippen molar-refractivity contribution in [1.82, 2.24) is 5.32 Å². The summed E-state index contributed by atoms with van der Waals surface area (Å²) in [5.41, 5.74) is 0.994. The Hall–Kier alpha value is -0.860. The molecule has 1 saturated carbocycles. The molecule has 0 amide bonds. The summed E-state index contributed by atoms with van der Waals surface area (Å²) in [4.78, 5) is 0. The first-order valence-electron chi connectivity index (χ1n) is 5.71. The highest BCUT2D eigenvalue weighted by Crippen LogP contribution is 2.36. The Labute approximate surface area is 91.3 Å². The molecule has 2 N–H and O–H groups in total. The van der Waals surface area contributed by atoms with Crippen LogP contribution in [0.2, 0.25) is 0 Å². The van der Waals surface area contributed by atoms with Crippen LogP contribution in [0.5, 0.6) is 0 Å². The van der Waals surface area contributed by atoms with Crippen LogP contribution in [0.1, 0.15) is 25.0 Å². The standard InChI is InChI=1S/C13H19NO/c1-10-7-12(10)8-14-9-13(15)11-5-3-2-4-6-11/h2-6,10,12-15H,7-9H2,1H3. The Balaban J connectivity index is 1.70. The van der Waals surface area contributed by atoms with E-state index in [-0.39, 0.29) is 6.10 Å². The molecule has 1 aliphatic carbocycles. The average Bonchev–Trinajstić information content (AvgIpc) is 2.96. The molecule has 82 valence electrons.